The number of ketones is 1. The minimum atomic E-state index is -0.893. The van der Waals surface area contributed by atoms with Gasteiger partial charge in [0.05, 0.1) is 27.3 Å². The van der Waals surface area contributed by atoms with E-state index >= 15 is 0 Å². The van der Waals surface area contributed by atoms with Crippen LogP contribution in [-0.2, 0) is 4.74 Å². The third kappa shape index (κ3) is 5.32. The molecule has 1 aliphatic rings. The van der Waals surface area contributed by atoms with Gasteiger partial charge in [0.15, 0.2) is 12.4 Å². The molecule has 0 aliphatic carbocycles. The second-order valence-electron chi connectivity index (χ2n) is 8.73. The molecular formula is C30H18N2O9. The van der Waals surface area contributed by atoms with E-state index in [0.29, 0.717) is 5.56 Å². The average Bonchev–Trinajstić information content (AvgIpc) is 3.25. The second-order valence-corrected chi connectivity index (χ2v) is 8.73. The SMILES string of the molecule is O=C(COC(=O)c1cccc(N2C(=O)c3cccc([N+](=O)[O-])c3C2=O)c1)c1ccc(OC(=O)c2ccccc2)cc1. The molecule has 0 N–H and O–H groups in total. The minimum Gasteiger partial charge on any atom is -0.454 e. The maximum Gasteiger partial charge on any atom is 0.343 e. The van der Waals surface area contributed by atoms with Gasteiger partial charge in [0.2, 0.25) is 0 Å². The van der Waals surface area contributed by atoms with Crippen molar-refractivity contribution in [2.45, 2.75) is 0 Å². The van der Waals surface area contributed by atoms with Crippen LogP contribution >= 0.6 is 0 Å². The molecule has 202 valence electrons. The molecule has 11 heteroatoms. The number of esters is 2. The summed E-state index contributed by atoms with van der Waals surface area (Å²) in [4.78, 5) is 74.6. The number of Topliss-reactive ketones (excluding diaryl/α,β-unsaturated/α-hetero) is 1. The molecule has 0 atom stereocenters. The maximum atomic E-state index is 13.0. The molecule has 0 radical (unpaired) electrons. The first-order valence-electron chi connectivity index (χ1n) is 12.1. The smallest absolute Gasteiger partial charge is 0.343 e. The van der Waals surface area contributed by atoms with E-state index in [1.807, 2.05) is 0 Å². The van der Waals surface area contributed by atoms with Crippen LogP contribution in [0.25, 0.3) is 0 Å². The number of carbonyl (C=O) groups excluding carboxylic acids is 5. The molecule has 1 aliphatic heterocycles. The Morgan fingerprint density at radius 2 is 1.41 bits per heavy atom. The highest BCUT2D eigenvalue weighted by Crippen LogP contribution is 2.34. The lowest BCUT2D eigenvalue weighted by Crippen LogP contribution is -2.29. The van der Waals surface area contributed by atoms with Crippen molar-refractivity contribution in [2.75, 3.05) is 11.5 Å². The number of anilines is 1. The highest BCUT2D eigenvalue weighted by Gasteiger charge is 2.42. The van der Waals surface area contributed by atoms with Crippen molar-refractivity contribution >= 4 is 40.9 Å². The lowest BCUT2D eigenvalue weighted by molar-refractivity contribution is -0.385. The van der Waals surface area contributed by atoms with Crippen molar-refractivity contribution in [3.8, 4) is 5.75 Å². The molecule has 41 heavy (non-hydrogen) atoms. The van der Waals surface area contributed by atoms with Crippen LogP contribution in [0.2, 0.25) is 0 Å². The summed E-state index contributed by atoms with van der Waals surface area (Å²) in [7, 11) is 0. The average molecular weight is 550 g/mol. The van der Waals surface area contributed by atoms with E-state index in [4.69, 9.17) is 9.47 Å². The number of fused-ring (bicyclic) bond motifs is 1. The van der Waals surface area contributed by atoms with Gasteiger partial charge in [-0.3, -0.25) is 24.5 Å². The van der Waals surface area contributed by atoms with E-state index < -0.39 is 46.8 Å². The van der Waals surface area contributed by atoms with Crippen molar-refractivity contribution in [1.29, 1.82) is 0 Å². The van der Waals surface area contributed by atoms with Crippen LogP contribution in [0.4, 0.5) is 11.4 Å². The Kier molecular flexibility index (Phi) is 7.16. The van der Waals surface area contributed by atoms with Gasteiger partial charge in [-0.15, -0.1) is 0 Å². The van der Waals surface area contributed by atoms with E-state index in [1.165, 1.54) is 60.7 Å². The fourth-order valence-corrected chi connectivity index (χ4v) is 4.17. The maximum absolute atomic E-state index is 13.0. The Morgan fingerprint density at radius 3 is 2.12 bits per heavy atom. The van der Waals surface area contributed by atoms with Crippen molar-refractivity contribution < 1.29 is 38.4 Å². The number of nitro benzene ring substituents is 1. The molecule has 0 spiro atoms. The predicted octanol–water partition coefficient (Wildman–Crippen LogP) is 4.65. The van der Waals surface area contributed by atoms with Crippen LogP contribution in [0.3, 0.4) is 0 Å². The fourth-order valence-electron chi connectivity index (χ4n) is 4.17. The molecule has 2 amide bonds. The lowest BCUT2D eigenvalue weighted by atomic mass is 10.1. The van der Waals surface area contributed by atoms with Gasteiger partial charge in [-0.25, -0.2) is 14.5 Å². The molecule has 1 heterocycles. The number of ether oxygens (including phenoxy) is 2. The summed E-state index contributed by atoms with van der Waals surface area (Å²) in [6.45, 7) is -0.606. The Hall–Kier alpha value is -5.97. The van der Waals surface area contributed by atoms with Crippen molar-refractivity contribution in [1.82, 2.24) is 0 Å². The molecule has 0 saturated carbocycles. The minimum absolute atomic E-state index is 0.00640. The number of hydrogen-bond donors (Lipinski definition) is 0. The predicted molar refractivity (Wildman–Crippen MR) is 143 cm³/mol. The molecule has 11 nitrogen and oxygen atoms in total. The number of nitro groups is 1. The van der Waals surface area contributed by atoms with Crippen LogP contribution in [0, 0.1) is 10.1 Å². The first-order chi connectivity index (χ1) is 19.7. The largest absolute Gasteiger partial charge is 0.454 e. The number of amides is 2. The van der Waals surface area contributed by atoms with Crippen molar-refractivity contribution in [3.05, 3.63) is 135 Å². The van der Waals surface area contributed by atoms with Crippen LogP contribution in [-0.4, -0.2) is 41.1 Å². The van der Waals surface area contributed by atoms with Gasteiger partial charge in [-0.1, -0.05) is 30.3 Å². The Balaban J connectivity index is 1.23. The molecule has 0 saturated heterocycles. The quantitative estimate of drug-likeness (QED) is 0.0762. The normalized spacial score (nSPS) is 12.0. The summed E-state index contributed by atoms with van der Waals surface area (Å²) in [5, 5.41) is 11.4. The summed E-state index contributed by atoms with van der Waals surface area (Å²) < 4.78 is 10.4. The lowest BCUT2D eigenvalue weighted by Gasteiger charge is -2.14. The van der Waals surface area contributed by atoms with Gasteiger partial charge in [0.1, 0.15) is 11.3 Å². The summed E-state index contributed by atoms with van der Waals surface area (Å²) in [5.41, 5.74) is -0.423. The van der Waals surface area contributed by atoms with E-state index in [0.717, 1.165) is 11.0 Å². The molecule has 4 aromatic carbocycles. The summed E-state index contributed by atoms with van der Waals surface area (Å²) in [6, 6.07) is 23.2. The monoisotopic (exact) mass is 550 g/mol. The van der Waals surface area contributed by atoms with Gasteiger partial charge in [-0.05, 0) is 60.7 Å². The fraction of sp³-hybridized carbons (Fsp3) is 0.0333. The van der Waals surface area contributed by atoms with Crippen LogP contribution in [0.15, 0.2) is 97.1 Å². The van der Waals surface area contributed by atoms with E-state index in [9.17, 15) is 34.1 Å². The molecule has 5 rings (SSSR count). The third-order valence-electron chi connectivity index (χ3n) is 6.16. The zero-order valence-electron chi connectivity index (χ0n) is 21.0. The topological polar surface area (TPSA) is 150 Å². The van der Waals surface area contributed by atoms with Crippen molar-refractivity contribution in [3.63, 3.8) is 0 Å². The summed E-state index contributed by atoms with van der Waals surface area (Å²) >= 11 is 0. The van der Waals surface area contributed by atoms with Crippen molar-refractivity contribution in [2.24, 2.45) is 0 Å². The van der Waals surface area contributed by atoms with Gasteiger partial charge < -0.3 is 9.47 Å². The Bertz CT molecular complexity index is 1730. The number of imide groups is 1. The van der Waals surface area contributed by atoms with Crippen LogP contribution < -0.4 is 9.64 Å². The molecule has 0 unspecified atom stereocenters. The first kappa shape index (κ1) is 26.6. The number of rotatable bonds is 8. The zero-order chi connectivity index (χ0) is 29.1. The number of hydrogen-bond acceptors (Lipinski definition) is 9. The van der Waals surface area contributed by atoms with Crippen LogP contribution in [0.5, 0.6) is 5.75 Å². The Labute approximate surface area is 231 Å². The summed E-state index contributed by atoms with van der Waals surface area (Å²) in [5.74, 6) is -3.41. The van der Waals surface area contributed by atoms with Gasteiger partial charge in [-0.2, -0.15) is 0 Å². The van der Waals surface area contributed by atoms with E-state index in [2.05, 4.69) is 0 Å². The summed E-state index contributed by atoms with van der Waals surface area (Å²) in [6.07, 6.45) is 0. The number of nitrogens with zero attached hydrogens (tertiary/aromatic N) is 2. The van der Waals surface area contributed by atoms with Gasteiger partial charge in [0, 0.05) is 11.6 Å². The van der Waals surface area contributed by atoms with E-state index in [1.54, 1.807) is 30.3 Å². The molecule has 0 bridgehead atoms. The Morgan fingerprint density at radius 1 is 0.732 bits per heavy atom. The molecule has 0 aromatic heterocycles. The number of carbonyl (C=O) groups is 5. The highest BCUT2D eigenvalue weighted by atomic mass is 16.6. The molecule has 4 aromatic rings. The second kappa shape index (κ2) is 11.0. The van der Waals surface area contributed by atoms with E-state index in [-0.39, 0.29) is 33.7 Å². The van der Waals surface area contributed by atoms with Crippen LogP contribution in [0.1, 0.15) is 51.8 Å². The zero-order valence-corrected chi connectivity index (χ0v) is 21.0. The first-order valence-corrected chi connectivity index (χ1v) is 12.1. The standard InChI is InChI=1S/C30H18N2O9/c33-25(18-12-14-22(15-13-18)41-30(37)19-6-2-1-3-7-19)17-40-29(36)20-8-4-9-21(16-20)31-27(34)23-10-5-11-24(32(38)39)26(23)28(31)35/h1-16H,17H2. The molecule has 0 fully saturated rings. The molecular weight excluding hydrogens is 532 g/mol. The highest BCUT2D eigenvalue weighted by molar-refractivity contribution is 6.35. The van der Waals surface area contributed by atoms with Gasteiger partial charge in [0.25, 0.3) is 17.5 Å². The third-order valence-corrected chi connectivity index (χ3v) is 6.16. The number of benzene rings is 4. The van der Waals surface area contributed by atoms with Gasteiger partial charge >= 0.3 is 11.9 Å².